The Balaban J connectivity index is 1.71. The van der Waals surface area contributed by atoms with Gasteiger partial charge in [0.15, 0.2) is 11.7 Å². The molecule has 0 spiro atoms. The van der Waals surface area contributed by atoms with Crippen LogP contribution >= 0.6 is 0 Å². The summed E-state index contributed by atoms with van der Waals surface area (Å²) in [6, 6.07) is 11.8. The van der Waals surface area contributed by atoms with Crippen LogP contribution in [0.2, 0.25) is 0 Å². The molecule has 3 heterocycles. The van der Waals surface area contributed by atoms with E-state index in [9.17, 15) is 13.2 Å². The molecule has 1 N–H and O–H groups in total. The molecule has 1 aliphatic rings. The van der Waals surface area contributed by atoms with Crippen LogP contribution in [0, 0.1) is 12.0 Å². The highest BCUT2D eigenvalue weighted by Gasteiger charge is 2.35. The topological polar surface area (TPSA) is 64.4 Å². The zero-order valence-corrected chi connectivity index (χ0v) is 16.2. The summed E-state index contributed by atoms with van der Waals surface area (Å²) in [6.45, 7) is 1.15. The van der Waals surface area contributed by atoms with Gasteiger partial charge in [-0.3, -0.25) is 0 Å². The summed E-state index contributed by atoms with van der Waals surface area (Å²) in [7, 11) is 1.66. The highest BCUT2D eigenvalue weighted by molar-refractivity contribution is 5.88. The summed E-state index contributed by atoms with van der Waals surface area (Å²) >= 11 is 0. The summed E-state index contributed by atoms with van der Waals surface area (Å²) in [4.78, 5) is 14.6. The highest BCUT2D eigenvalue weighted by atomic mass is 19.4. The molecule has 2 aromatic heterocycles. The van der Waals surface area contributed by atoms with Gasteiger partial charge in [0, 0.05) is 25.2 Å². The number of ether oxygens (including phenoxy) is 2. The maximum absolute atomic E-state index is 13.0. The molecule has 4 rings (SSSR count). The predicted octanol–water partition coefficient (Wildman–Crippen LogP) is 5.16. The monoisotopic (exact) mass is 417 g/mol. The van der Waals surface area contributed by atoms with Crippen molar-refractivity contribution >= 4 is 16.9 Å². The Bertz CT molecular complexity index is 1100. The van der Waals surface area contributed by atoms with Crippen LogP contribution in [-0.2, 0) is 10.9 Å². The molecule has 0 fully saturated rings. The van der Waals surface area contributed by atoms with Crippen molar-refractivity contribution in [2.75, 3.05) is 20.3 Å². The average molecular weight is 417 g/mol. The Labute approximate surface area is 170 Å². The van der Waals surface area contributed by atoms with Gasteiger partial charge in [0.25, 0.3) is 0 Å². The minimum absolute atomic E-state index is 0.0851. The first-order chi connectivity index (χ1) is 14.5. The summed E-state index contributed by atoms with van der Waals surface area (Å²) in [5, 5.41) is 0.202. The van der Waals surface area contributed by atoms with Crippen LogP contribution in [0.3, 0.4) is 0 Å². The molecule has 156 valence electrons. The second-order valence-electron chi connectivity index (χ2n) is 7.10. The number of rotatable bonds is 4. The van der Waals surface area contributed by atoms with Crippen molar-refractivity contribution in [3.63, 3.8) is 0 Å². The zero-order chi connectivity index (χ0) is 21.1. The van der Waals surface area contributed by atoms with E-state index >= 15 is 0 Å². The maximum atomic E-state index is 13.0. The van der Waals surface area contributed by atoms with E-state index in [-0.39, 0.29) is 28.7 Å². The molecule has 6 nitrogen and oxygen atoms in total. The quantitative estimate of drug-likeness (QED) is 0.596. The number of benzene rings is 1. The SMILES string of the molecule is COCCC[C@H]1COc2ccccc2C1C#[N+]c1ncnc2[nH]c(C(F)(F)F)cc12. The lowest BCUT2D eigenvalue weighted by atomic mass is 9.82. The lowest BCUT2D eigenvalue weighted by Crippen LogP contribution is -2.25. The van der Waals surface area contributed by atoms with Gasteiger partial charge in [-0.25, -0.2) is 0 Å². The average Bonchev–Trinajstić information content (AvgIpc) is 3.18. The molecule has 1 unspecified atom stereocenters. The van der Waals surface area contributed by atoms with Crippen LogP contribution in [0.4, 0.5) is 19.0 Å². The molecule has 0 saturated heterocycles. The Morgan fingerprint density at radius 2 is 2.13 bits per heavy atom. The van der Waals surface area contributed by atoms with Crippen molar-refractivity contribution < 1.29 is 22.6 Å². The molecular formula is C21H20F3N4O2+. The van der Waals surface area contributed by atoms with Gasteiger partial charge in [-0.15, -0.1) is 0 Å². The van der Waals surface area contributed by atoms with Crippen molar-refractivity contribution in [3.05, 3.63) is 52.8 Å². The zero-order valence-electron chi connectivity index (χ0n) is 16.2. The van der Waals surface area contributed by atoms with E-state index in [1.54, 1.807) is 7.11 Å². The third-order valence-corrected chi connectivity index (χ3v) is 5.12. The Kier molecular flexibility index (Phi) is 5.59. The van der Waals surface area contributed by atoms with Crippen molar-refractivity contribution in [1.82, 2.24) is 15.0 Å². The second-order valence-corrected chi connectivity index (χ2v) is 7.10. The number of hydrogen-bond donors (Lipinski definition) is 1. The number of aromatic amines is 1. The largest absolute Gasteiger partial charge is 0.493 e. The number of methoxy groups -OCH3 is 1. The number of hydrogen-bond acceptors (Lipinski definition) is 4. The summed E-state index contributed by atoms with van der Waals surface area (Å²) in [6.07, 6.45) is -1.61. The van der Waals surface area contributed by atoms with Gasteiger partial charge in [0.05, 0.1) is 6.61 Å². The normalized spacial score (nSPS) is 18.4. The molecule has 0 saturated carbocycles. The van der Waals surface area contributed by atoms with E-state index in [2.05, 4.69) is 25.9 Å². The number of fused-ring (bicyclic) bond motifs is 2. The fourth-order valence-corrected chi connectivity index (χ4v) is 3.63. The third-order valence-electron chi connectivity index (χ3n) is 5.12. The highest BCUT2D eigenvalue weighted by Crippen LogP contribution is 2.39. The van der Waals surface area contributed by atoms with Gasteiger partial charge in [0.1, 0.15) is 22.7 Å². The Morgan fingerprint density at radius 1 is 1.30 bits per heavy atom. The van der Waals surface area contributed by atoms with Crippen LogP contribution in [0.25, 0.3) is 15.9 Å². The van der Waals surface area contributed by atoms with Crippen molar-refractivity contribution in [3.8, 4) is 11.8 Å². The van der Waals surface area contributed by atoms with E-state index in [0.717, 1.165) is 30.2 Å². The molecule has 1 aromatic carbocycles. The summed E-state index contributed by atoms with van der Waals surface area (Å²) in [5.74, 6) is 0.860. The fraction of sp³-hybridized carbons (Fsp3) is 0.381. The number of aromatic nitrogens is 3. The van der Waals surface area contributed by atoms with E-state index in [0.29, 0.717) is 13.2 Å². The molecule has 0 bridgehead atoms. The van der Waals surface area contributed by atoms with Gasteiger partial charge < -0.3 is 14.5 Å². The lowest BCUT2D eigenvalue weighted by molar-refractivity contribution is -0.140. The predicted molar refractivity (Wildman–Crippen MR) is 105 cm³/mol. The molecule has 1 aliphatic heterocycles. The Morgan fingerprint density at radius 3 is 2.93 bits per heavy atom. The van der Waals surface area contributed by atoms with Crippen molar-refractivity contribution in [2.24, 2.45) is 5.92 Å². The molecule has 0 radical (unpaired) electrons. The first-order valence-electron chi connectivity index (χ1n) is 9.55. The standard InChI is InChI=1S/C21H20F3N4O2/c1-29-8-4-5-13-11-30-17-7-3-2-6-14(17)16(13)10-25-19-15-9-18(21(22,23)24)28-20(15)27-12-26-19/h2-3,6-7,9,12-13,16H,4-5,8,11H2,1H3,(H,26,27,28)/q+1/t13-,16?/m0/s1. The number of halogens is 3. The van der Waals surface area contributed by atoms with E-state index in [1.165, 1.54) is 6.33 Å². The number of alkyl halides is 3. The number of nitrogens with zero attached hydrogens (tertiary/aromatic N) is 3. The fourth-order valence-electron chi connectivity index (χ4n) is 3.63. The third kappa shape index (κ3) is 4.09. The van der Waals surface area contributed by atoms with Crippen LogP contribution in [0.1, 0.15) is 30.0 Å². The maximum Gasteiger partial charge on any atom is 0.438 e. The minimum atomic E-state index is -4.50. The Hall–Kier alpha value is -3.12. The molecule has 30 heavy (non-hydrogen) atoms. The molecular weight excluding hydrogens is 397 g/mol. The van der Waals surface area contributed by atoms with Gasteiger partial charge >= 0.3 is 12.0 Å². The number of para-hydroxylation sites is 1. The van der Waals surface area contributed by atoms with Gasteiger partial charge in [0.2, 0.25) is 6.33 Å². The molecule has 9 heteroatoms. The lowest BCUT2D eigenvalue weighted by Gasteiger charge is -2.28. The molecule has 3 aromatic rings. The summed E-state index contributed by atoms with van der Waals surface area (Å²) < 4.78 is 50.2. The van der Waals surface area contributed by atoms with E-state index < -0.39 is 11.9 Å². The molecule has 0 aliphatic carbocycles. The first kappa shape index (κ1) is 20.2. The summed E-state index contributed by atoms with van der Waals surface area (Å²) in [5.41, 5.74) is 0.149. The van der Waals surface area contributed by atoms with Crippen LogP contribution in [-0.4, -0.2) is 35.3 Å². The van der Waals surface area contributed by atoms with Gasteiger partial charge in [-0.1, -0.05) is 18.2 Å². The van der Waals surface area contributed by atoms with E-state index in [1.807, 2.05) is 24.3 Å². The van der Waals surface area contributed by atoms with Crippen LogP contribution in [0.15, 0.2) is 36.7 Å². The van der Waals surface area contributed by atoms with Gasteiger partial charge in [-0.2, -0.15) is 23.0 Å². The van der Waals surface area contributed by atoms with E-state index in [4.69, 9.17) is 9.47 Å². The second kappa shape index (κ2) is 8.32. The number of H-pyrrole nitrogens is 1. The molecule has 0 amide bonds. The number of nitrogens with one attached hydrogen (secondary N) is 1. The molecule has 2 atom stereocenters. The van der Waals surface area contributed by atoms with Crippen LogP contribution < -0.4 is 4.74 Å². The van der Waals surface area contributed by atoms with Crippen molar-refractivity contribution in [2.45, 2.75) is 24.9 Å². The minimum Gasteiger partial charge on any atom is -0.493 e. The van der Waals surface area contributed by atoms with Crippen LogP contribution in [0.5, 0.6) is 5.75 Å². The van der Waals surface area contributed by atoms with Gasteiger partial charge in [-0.05, 0) is 30.0 Å². The van der Waals surface area contributed by atoms with Crippen molar-refractivity contribution in [1.29, 1.82) is 0 Å². The smallest absolute Gasteiger partial charge is 0.438 e. The first-order valence-corrected chi connectivity index (χ1v) is 9.55.